The van der Waals surface area contributed by atoms with Crippen molar-refractivity contribution in [1.29, 1.82) is 0 Å². The van der Waals surface area contributed by atoms with E-state index in [-0.39, 0.29) is 40.9 Å². The Kier molecular flexibility index (Phi) is 3.15. The molecule has 4 rings (SSSR count). The highest BCUT2D eigenvalue weighted by molar-refractivity contribution is 6.22. The number of benzene rings is 1. The summed E-state index contributed by atoms with van der Waals surface area (Å²) in [4.78, 5) is 27.1. The van der Waals surface area contributed by atoms with Gasteiger partial charge in [-0.2, -0.15) is 0 Å². The highest BCUT2D eigenvalue weighted by Gasteiger charge is 2.55. The van der Waals surface area contributed by atoms with Crippen molar-refractivity contribution in [3.63, 3.8) is 0 Å². The number of para-hydroxylation sites is 1. The largest absolute Gasteiger partial charge is 0.354 e. The molecule has 0 amide bonds. The number of hydrogen-bond acceptors (Lipinski definition) is 3. The molecule has 0 N–H and O–H groups in total. The lowest BCUT2D eigenvalue weighted by Gasteiger charge is -2.34. The number of alkyl halides is 1. The van der Waals surface area contributed by atoms with Crippen molar-refractivity contribution in [2.75, 3.05) is 4.90 Å². The number of nitrogens with zero attached hydrogens (tertiary/aromatic N) is 1. The average molecular weight is 316 g/mol. The van der Waals surface area contributed by atoms with E-state index in [1.165, 1.54) is 0 Å². The van der Waals surface area contributed by atoms with Crippen LogP contribution in [0.5, 0.6) is 0 Å². The fourth-order valence-electron chi connectivity index (χ4n) is 4.54. The van der Waals surface area contributed by atoms with Crippen molar-refractivity contribution in [3.8, 4) is 0 Å². The Labute approximate surface area is 134 Å². The normalized spacial score (nSPS) is 35.8. The van der Waals surface area contributed by atoms with Crippen LogP contribution in [-0.2, 0) is 9.59 Å². The minimum absolute atomic E-state index is 0.00883. The highest BCUT2D eigenvalue weighted by Crippen LogP contribution is 2.49. The zero-order valence-corrected chi connectivity index (χ0v) is 13.2. The number of ketones is 2. The third kappa shape index (κ3) is 1.88. The Morgan fingerprint density at radius 3 is 2.86 bits per heavy atom. The summed E-state index contributed by atoms with van der Waals surface area (Å²) in [6, 6.07) is 7.82. The zero-order chi connectivity index (χ0) is 15.4. The van der Waals surface area contributed by atoms with E-state index in [0.29, 0.717) is 6.42 Å². The quantitative estimate of drug-likeness (QED) is 0.747. The highest BCUT2D eigenvalue weighted by atomic mass is 35.5. The number of Topliss-reactive ketones (excluding diaryl/α,β-unsaturated/α-hetero) is 2. The van der Waals surface area contributed by atoms with Crippen molar-refractivity contribution < 1.29 is 9.59 Å². The topological polar surface area (TPSA) is 37.4 Å². The van der Waals surface area contributed by atoms with Gasteiger partial charge in [-0.15, -0.1) is 11.6 Å². The minimum Gasteiger partial charge on any atom is -0.354 e. The third-order valence-corrected chi connectivity index (χ3v) is 5.61. The van der Waals surface area contributed by atoms with Gasteiger partial charge in [-0.05, 0) is 30.9 Å². The Hall–Kier alpha value is -1.61. The molecule has 0 unspecified atom stereocenters. The van der Waals surface area contributed by atoms with E-state index in [0.717, 1.165) is 17.7 Å². The second kappa shape index (κ2) is 4.95. The molecule has 3 nitrogen and oxygen atoms in total. The second-order valence-electron chi connectivity index (χ2n) is 6.56. The van der Waals surface area contributed by atoms with Gasteiger partial charge >= 0.3 is 0 Å². The first-order valence-electron chi connectivity index (χ1n) is 7.80. The summed E-state index contributed by atoms with van der Waals surface area (Å²) < 4.78 is 0. The molecule has 2 fully saturated rings. The van der Waals surface area contributed by atoms with Gasteiger partial charge in [0, 0.05) is 23.4 Å². The molecule has 1 aliphatic carbocycles. The molecule has 1 saturated heterocycles. The van der Waals surface area contributed by atoms with Crippen molar-refractivity contribution >= 4 is 34.9 Å². The van der Waals surface area contributed by atoms with Crippen molar-refractivity contribution in [2.24, 2.45) is 11.8 Å². The molecule has 1 aromatic carbocycles. The molecule has 0 bridgehead atoms. The molecule has 3 aliphatic rings. The molecule has 114 valence electrons. The van der Waals surface area contributed by atoms with Crippen molar-refractivity contribution in [2.45, 2.75) is 37.2 Å². The Morgan fingerprint density at radius 2 is 2.09 bits per heavy atom. The van der Waals surface area contributed by atoms with Crippen LogP contribution in [0.3, 0.4) is 0 Å². The maximum atomic E-state index is 12.6. The van der Waals surface area contributed by atoms with Crippen LogP contribution in [0, 0.1) is 11.8 Å². The maximum Gasteiger partial charge on any atom is 0.152 e. The monoisotopic (exact) mass is 315 g/mol. The molecule has 0 radical (unpaired) electrons. The molecular weight excluding hydrogens is 298 g/mol. The molecule has 2 heterocycles. The number of carbonyl (C=O) groups excluding carboxylic acids is 2. The van der Waals surface area contributed by atoms with Gasteiger partial charge in [0.2, 0.25) is 0 Å². The van der Waals surface area contributed by atoms with Gasteiger partial charge in [0.15, 0.2) is 5.78 Å². The van der Waals surface area contributed by atoms with Gasteiger partial charge in [0.25, 0.3) is 0 Å². The fourth-order valence-corrected chi connectivity index (χ4v) is 4.90. The smallest absolute Gasteiger partial charge is 0.152 e. The average Bonchev–Trinajstić information content (AvgIpc) is 2.81. The van der Waals surface area contributed by atoms with Gasteiger partial charge in [-0.1, -0.05) is 30.4 Å². The van der Waals surface area contributed by atoms with Gasteiger partial charge in [-0.25, -0.2) is 0 Å². The molecule has 4 heteroatoms. The molecule has 5 atom stereocenters. The molecule has 0 aromatic heterocycles. The van der Waals surface area contributed by atoms with Gasteiger partial charge < -0.3 is 4.90 Å². The fraction of sp³-hybridized carbons (Fsp3) is 0.444. The molecule has 0 spiro atoms. The number of carbonyl (C=O) groups is 2. The van der Waals surface area contributed by atoms with E-state index in [2.05, 4.69) is 17.1 Å². The molecule has 1 aromatic rings. The summed E-state index contributed by atoms with van der Waals surface area (Å²) >= 11 is 6.28. The van der Waals surface area contributed by atoms with E-state index in [1.807, 2.05) is 24.3 Å². The molecule has 2 aliphatic heterocycles. The molecule has 22 heavy (non-hydrogen) atoms. The number of rotatable bonds is 1. The summed E-state index contributed by atoms with van der Waals surface area (Å²) in [6.07, 6.45) is 5.34. The van der Waals surface area contributed by atoms with Crippen molar-refractivity contribution in [1.82, 2.24) is 0 Å². The van der Waals surface area contributed by atoms with E-state index in [9.17, 15) is 9.59 Å². The number of fused-ring (bicyclic) bond motifs is 5. The predicted molar refractivity (Wildman–Crippen MR) is 87.1 cm³/mol. The van der Waals surface area contributed by atoms with Crippen LogP contribution in [0.15, 0.2) is 30.3 Å². The Bertz CT molecular complexity index is 683. The lowest BCUT2D eigenvalue weighted by molar-refractivity contribution is -0.126. The minimum atomic E-state index is -0.244. The molecular formula is C18H18ClNO2. The Balaban J connectivity index is 1.86. The summed E-state index contributed by atoms with van der Waals surface area (Å²) in [5.41, 5.74) is 2.17. The summed E-state index contributed by atoms with van der Waals surface area (Å²) in [5, 5.41) is -0.142. The van der Waals surface area contributed by atoms with Gasteiger partial charge in [-0.3, -0.25) is 9.59 Å². The first kappa shape index (κ1) is 14.0. The first-order chi connectivity index (χ1) is 10.6. The molecule has 1 saturated carbocycles. The number of halogens is 1. The van der Waals surface area contributed by atoms with Crippen LogP contribution in [-0.4, -0.2) is 29.0 Å². The van der Waals surface area contributed by atoms with Crippen LogP contribution in [0.25, 0.3) is 6.08 Å². The first-order valence-corrected chi connectivity index (χ1v) is 8.24. The van der Waals surface area contributed by atoms with E-state index in [4.69, 9.17) is 11.6 Å². The summed E-state index contributed by atoms with van der Waals surface area (Å²) in [6.45, 7) is 1.63. The number of anilines is 1. The standard InChI is InChI=1S/C18H18ClNO2/c1-10(21)18-13-8-12(19)9-16(22)17(13)15-7-6-11-4-2-3-5-14(11)20(15)18/h2-7,12-13,15,17-18H,8-9H2,1H3/t12-,13+,15+,17+,18+/m0/s1. The number of hydrogen-bond donors (Lipinski definition) is 0. The van der Waals surface area contributed by atoms with Crippen LogP contribution in [0.1, 0.15) is 25.3 Å². The lowest BCUT2D eigenvalue weighted by Crippen LogP contribution is -2.43. The maximum absolute atomic E-state index is 12.6. The third-order valence-electron chi connectivity index (χ3n) is 5.28. The van der Waals surface area contributed by atoms with Gasteiger partial charge in [0.1, 0.15) is 5.78 Å². The lowest BCUT2D eigenvalue weighted by atomic mass is 9.74. The van der Waals surface area contributed by atoms with Gasteiger partial charge in [0.05, 0.1) is 12.1 Å². The van der Waals surface area contributed by atoms with Crippen LogP contribution in [0.4, 0.5) is 5.69 Å². The van der Waals surface area contributed by atoms with E-state index < -0.39 is 0 Å². The predicted octanol–water partition coefficient (Wildman–Crippen LogP) is 3.06. The van der Waals surface area contributed by atoms with Crippen LogP contribution in [0.2, 0.25) is 0 Å². The summed E-state index contributed by atoms with van der Waals surface area (Å²) in [5.74, 6) is 0.260. The van der Waals surface area contributed by atoms with Crippen LogP contribution >= 0.6 is 11.6 Å². The SMILES string of the molecule is CC(=O)[C@@H]1[C@@H]2C[C@H](Cl)CC(=O)[C@H]2[C@H]2C=Cc3ccccc3N21. The van der Waals surface area contributed by atoms with Crippen LogP contribution < -0.4 is 4.90 Å². The Morgan fingerprint density at radius 1 is 1.32 bits per heavy atom. The van der Waals surface area contributed by atoms with Crippen molar-refractivity contribution in [3.05, 3.63) is 35.9 Å². The zero-order valence-electron chi connectivity index (χ0n) is 12.4. The second-order valence-corrected chi connectivity index (χ2v) is 7.18. The van der Waals surface area contributed by atoms with E-state index >= 15 is 0 Å². The van der Waals surface area contributed by atoms with E-state index in [1.54, 1.807) is 6.92 Å². The summed E-state index contributed by atoms with van der Waals surface area (Å²) in [7, 11) is 0.